The summed E-state index contributed by atoms with van der Waals surface area (Å²) in [6, 6.07) is -0.0725. The van der Waals surface area contributed by atoms with Crippen LogP contribution in [0.15, 0.2) is 0 Å². The molecule has 0 radical (unpaired) electrons. The first kappa shape index (κ1) is 16.8. The van der Waals surface area contributed by atoms with Crippen LogP contribution < -0.4 is 5.73 Å². The van der Waals surface area contributed by atoms with Gasteiger partial charge in [-0.25, -0.2) is 8.42 Å². The zero-order valence-corrected chi connectivity index (χ0v) is 13.0. The second-order valence-corrected chi connectivity index (χ2v) is 8.18. The molecule has 0 unspecified atom stereocenters. The third-order valence-electron chi connectivity index (χ3n) is 2.13. The maximum atomic E-state index is 12.2. The van der Waals surface area contributed by atoms with E-state index in [9.17, 15) is 8.42 Å². The minimum Gasteiger partial charge on any atom is -0.393 e. The summed E-state index contributed by atoms with van der Waals surface area (Å²) in [5.74, 6) is 0.134. The van der Waals surface area contributed by atoms with Crippen LogP contribution >= 0.6 is 12.2 Å². The molecule has 4 nitrogen and oxygen atoms in total. The number of sulfonamides is 1. The third kappa shape index (κ3) is 6.95. The van der Waals surface area contributed by atoms with Gasteiger partial charge < -0.3 is 5.73 Å². The van der Waals surface area contributed by atoms with Gasteiger partial charge >= 0.3 is 0 Å². The predicted molar refractivity (Wildman–Crippen MR) is 76.5 cm³/mol. The highest BCUT2D eigenvalue weighted by Crippen LogP contribution is 2.20. The van der Waals surface area contributed by atoms with Crippen LogP contribution in [0.4, 0.5) is 0 Å². The van der Waals surface area contributed by atoms with E-state index >= 15 is 0 Å². The maximum Gasteiger partial charge on any atom is 0.214 e. The Hall–Kier alpha value is -0.200. The summed E-state index contributed by atoms with van der Waals surface area (Å²) in [6.07, 6.45) is 0.427. The fourth-order valence-corrected chi connectivity index (χ4v) is 3.93. The Labute approximate surface area is 111 Å². The molecule has 0 amide bonds. The molecule has 0 rings (SSSR count). The molecule has 0 aromatic carbocycles. The van der Waals surface area contributed by atoms with E-state index in [1.165, 1.54) is 4.31 Å². The van der Waals surface area contributed by atoms with E-state index in [4.69, 9.17) is 18.0 Å². The Bertz CT molecular complexity index is 356. The molecule has 6 heteroatoms. The number of nitrogens with two attached hydrogens (primary N) is 1. The molecule has 0 bridgehead atoms. The number of rotatable bonds is 6. The number of hydrogen-bond donors (Lipinski definition) is 1. The van der Waals surface area contributed by atoms with E-state index in [1.807, 2.05) is 34.6 Å². The summed E-state index contributed by atoms with van der Waals surface area (Å²) in [7, 11) is -3.26. The molecule has 0 spiro atoms. The molecule has 102 valence electrons. The summed E-state index contributed by atoms with van der Waals surface area (Å²) >= 11 is 4.79. The smallest absolute Gasteiger partial charge is 0.214 e. The SMILES string of the molecule is CC(C)N(CCC(N)=S)S(=O)(=O)CC(C)(C)C. The highest BCUT2D eigenvalue weighted by molar-refractivity contribution is 7.89. The molecular weight excluding hydrogens is 256 g/mol. The molecule has 0 aliphatic carbocycles. The average molecular weight is 280 g/mol. The van der Waals surface area contributed by atoms with Gasteiger partial charge in [-0.1, -0.05) is 33.0 Å². The van der Waals surface area contributed by atoms with Crippen LogP contribution in [0.1, 0.15) is 41.0 Å². The van der Waals surface area contributed by atoms with E-state index in [0.717, 1.165) is 0 Å². The van der Waals surface area contributed by atoms with Crippen molar-refractivity contribution in [1.29, 1.82) is 0 Å². The molecule has 0 fully saturated rings. The Kier molecular flexibility index (Phi) is 6.04. The molecule has 0 aliphatic rings. The largest absolute Gasteiger partial charge is 0.393 e. The van der Waals surface area contributed by atoms with Crippen molar-refractivity contribution in [3.05, 3.63) is 0 Å². The molecule has 0 heterocycles. The van der Waals surface area contributed by atoms with Crippen molar-refractivity contribution in [3.8, 4) is 0 Å². The predicted octanol–water partition coefficient (Wildman–Crippen LogP) is 1.75. The molecule has 0 saturated heterocycles. The lowest BCUT2D eigenvalue weighted by Crippen LogP contribution is -2.42. The van der Waals surface area contributed by atoms with Crippen LogP contribution in [0.3, 0.4) is 0 Å². The Balaban J connectivity index is 4.87. The Morgan fingerprint density at radius 1 is 1.35 bits per heavy atom. The van der Waals surface area contributed by atoms with Crippen molar-refractivity contribution in [2.24, 2.45) is 11.1 Å². The van der Waals surface area contributed by atoms with Gasteiger partial charge in [-0.3, -0.25) is 0 Å². The third-order valence-corrected chi connectivity index (χ3v) is 4.88. The standard InChI is InChI=1S/C11H24N2O2S2/c1-9(2)13(7-6-10(12)16)17(14,15)8-11(3,4)5/h9H,6-8H2,1-5H3,(H2,12,16). The molecule has 17 heavy (non-hydrogen) atoms. The molecule has 0 atom stereocenters. The molecule has 0 aromatic rings. The molecule has 0 aliphatic heterocycles. The van der Waals surface area contributed by atoms with E-state index in [1.54, 1.807) is 0 Å². The lowest BCUT2D eigenvalue weighted by Gasteiger charge is -2.29. The van der Waals surface area contributed by atoms with Gasteiger partial charge in [0.2, 0.25) is 10.0 Å². The average Bonchev–Trinajstić information content (AvgIpc) is 1.96. The zero-order chi connectivity index (χ0) is 13.9. The summed E-state index contributed by atoms with van der Waals surface area (Å²) < 4.78 is 26.0. The van der Waals surface area contributed by atoms with Crippen molar-refractivity contribution >= 4 is 27.2 Å². The van der Waals surface area contributed by atoms with Crippen LogP contribution in [-0.2, 0) is 10.0 Å². The quantitative estimate of drug-likeness (QED) is 0.753. The first-order chi connectivity index (χ1) is 7.46. The first-order valence-corrected chi connectivity index (χ1v) is 7.75. The van der Waals surface area contributed by atoms with Crippen molar-refractivity contribution < 1.29 is 8.42 Å². The van der Waals surface area contributed by atoms with Crippen LogP contribution in [-0.4, -0.2) is 36.1 Å². The molecular formula is C11H24N2O2S2. The highest BCUT2D eigenvalue weighted by Gasteiger charge is 2.29. The van der Waals surface area contributed by atoms with Crippen LogP contribution in [0, 0.1) is 5.41 Å². The van der Waals surface area contributed by atoms with Crippen LogP contribution in [0.25, 0.3) is 0 Å². The minimum absolute atomic E-state index is 0.0725. The first-order valence-electron chi connectivity index (χ1n) is 5.73. The lowest BCUT2D eigenvalue weighted by atomic mass is 10.0. The zero-order valence-electron chi connectivity index (χ0n) is 11.4. The van der Waals surface area contributed by atoms with Gasteiger partial charge in [0.25, 0.3) is 0 Å². The summed E-state index contributed by atoms with van der Waals surface area (Å²) in [5.41, 5.74) is 5.17. The maximum absolute atomic E-state index is 12.2. The second-order valence-electron chi connectivity index (χ2n) is 5.74. The number of nitrogens with zero attached hydrogens (tertiary/aromatic N) is 1. The van der Waals surface area contributed by atoms with E-state index < -0.39 is 10.0 Å². The minimum atomic E-state index is -3.26. The number of hydrogen-bond acceptors (Lipinski definition) is 3. The lowest BCUT2D eigenvalue weighted by molar-refractivity contribution is 0.349. The van der Waals surface area contributed by atoms with Gasteiger partial charge in [0.15, 0.2) is 0 Å². The summed E-state index contributed by atoms with van der Waals surface area (Å²) in [6.45, 7) is 9.83. The number of thiocarbonyl (C=S) groups is 1. The van der Waals surface area contributed by atoms with Crippen molar-refractivity contribution in [2.75, 3.05) is 12.3 Å². The fourth-order valence-electron chi connectivity index (χ4n) is 1.57. The van der Waals surface area contributed by atoms with Crippen molar-refractivity contribution in [1.82, 2.24) is 4.31 Å². The van der Waals surface area contributed by atoms with Gasteiger partial charge in [0.05, 0.1) is 10.7 Å². The molecule has 0 aromatic heterocycles. The van der Waals surface area contributed by atoms with Gasteiger partial charge in [-0.15, -0.1) is 0 Å². The van der Waals surface area contributed by atoms with Crippen molar-refractivity contribution in [2.45, 2.75) is 47.1 Å². The van der Waals surface area contributed by atoms with Crippen LogP contribution in [0.2, 0.25) is 0 Å². The van der Waals surface area contributed by atoms with E-state index in [-0.39, 0.29) is 17.2 Å². The van der Waals surface area contributed by atoms with Gasteiger partial charge in [-0.2, -0.15) is 4.31 Å². The van der Waals surface area contributed by atoms with Crippen molar-refractivity contribution in [3.63, 3.8) is 0 Å². The topological polar surface area (TPSA) is 63.4 Å². The van der Waals surface area contributed by atoms with E-state index in [2.05, 4.69) is 0 Å². The summed E-state index contributed by atoms with van der Waals surface area (Å²) in [4.78, 5) is 0.349. The van der Waals surface area contributed by atoms with Gasteiger partial charge in [0, 0.05) is 19.0 Å². The molecule has 2 N–H and O–H groups in total. The second kappa shape index (κ2) is 6.11. The molecule has 0 saturated carbocycles. The summed E-state index contributed by atoms with van der Waals surface area (Å²) in [5, 5.41) is 0. The Morgan fingerprint density at radius 3 is 2.12 bits per heavy atom. The van der Waals surface area contributed by atoms with E-state index in [0.29, 0.717) is 18.0 Å². The van der Waals surface area contributed by atoms with Crippen LogP contribution in [0.5, 0.6) is 0 Å². The fraction of sp³-hybridized carbons (Fsp3) is 0.909. The van der Waals surface area contributed by atoms with Gasteiger partial charge in [0.1, 0.15) is 0 Å². The monoisotopic (exact) mass is 280 g/mol. The normalized spacial score (nSPS) is 13.4. The van der Waals surface area contributed by atoms with Gasteiger partial charge in [-0.05, 0) is 19.3 Å². The Morgan fingerprint density at radius 2 is 1.82 bits per heavy atom. The highest BCUT2D eigenvalue weighted by atomic mass is 32.2.